The van der Waals surface area contributed by atoms with Gasteiger partial charge in [0.05, 0.1) is 19.4 Å². The molecule has 0 radical (unpaired) electrons. The Balaban J connectivity index is 1.57. The van der Waals surface area contributed by atoms with Gasteiger partial charge in [-0.2, -0.15) is 0 Å². The number of nitrogens with zero attached hydrogens (tertiary/aromatic N) is 1. The van der Waals surface area contributed by atoms with Crippen molar-refractivity contribution in [2.24, 2.45) is 0 Å². The van der Waals surface area contributed by atoms with Gasteiger partial charge in [0, 0.05) is 0 Å². The first-order valence-electron chi connectivity index (χ1n) is 10.4. The molecular weight excluding hydrogens is 424 g/mol. The van der Waals surface area contributed by atoms with Crippen molar-refractivity contribution < 1.29 is 28.3 Å². The Morgan fingerprint density at radius 1 is 0.970 bits per heavy atom. The number of rotatable bonds is 8. The monoisotopic (exact) mass is 446 g/mol. The van der Waals surface area contributed by atoms with E-state index in [9.17, 15) is 14.4 Å². The molecule has 2 heterocycles. The van der Waals surface area contributed by atoms with Gasteiger partial charge >= 0.3 is 6.03 Å². The summed E-state index contributed by atoms with van der Waals surface area (Å²) >= 11 is 0. The van der Waals surface area contributed by atoms with Gasteiger partial charge in [0.25, 0.3) is 11.8 Å². The lowest BCUT2D eigenvalue weighted by Crippen LogP contribution is -2.53. The molecule has 0 saturated carbocycles. The molecule has 3 aromatic rings. The molecule has 8 heteroatoms. The van der Waals surface area contributed by atoms with Gasteiger partial charge in [-0.1, -0.05) is 36.4 Å². The van der Waals surface area contributed by atoms with E-state index in [4.69, 9.17) is 13.9 Å². The van der Waals surface area contributed by atoms with E-state index in [1.54, 1.807) is 30.3 Å². The molecule has 1 aliphatic heterocycles. The summed E-state index contributed by atoms with van der Waals surface area (Å²) in [6, 6.07) is 17.3. The van der Waals surface area contributed by atoms with Crippen LogP contribution in [0.4, 0.5) is 4.79 Å². The van der Waals surface area contributed by atoms with E-state index < -0.39 is 17.8 Å². The van der Waals surface area contributed by atoms with Crippen LogP contribution in [-0.2, 0) is 22.7 Å². The summed E-state index contributed by atoms with van der Waals surface area (Å²) in [7, 11) is 0. The van der Waals surface area contributed by atoms with Crippen LogP contribution in [0.1, 0.15) is 23.8 Å². The first-order chi connectivity index (χ1) is 16.0. The summed E-state index contributed by atoms with van der Waals surface area (Å²) in [4.78, 5) is 38.4. The minimum atomic E-state index is -0.793. The fourth-order valence-corrected chi connectivity index (χ4v) is 3.30. The average Bonchev–Trinajstić information content (AvgIpc) is 3.33. The molecule has 8 nitrogen and oxygen atoms in total. The molecule has 2 aromatic carbocycles. The lowest BCUT2D eigenvalue weighted by atomic mass is 10.1. The highest BCUT2D eigenvalue weighted by Crippen LogP contribution is 2.30. The summed E-state index contributed by atoms with van der Waals surface area (Å²) < 4.78 is 16.8. The van der Waals surface area contributed by atoms with Crippen LogP contribution in [0, 0.1) is 0 Å². The number of urea groups is 1. The second kappa shape index (κ2) is 9.86. The fraction of sp³-hybridized carbons (Fsp3) is 0.160. The van der Waals surface area contributed by atoms with E-state index in [0.717, 1.165) is 10.5 Å². The molecule has 4 amide bonds. The lowest BCUT2D eigenvalue weighted by Gasteiger charge is -2.25. The first kappa shape index (κ1) is 21.9. The van der Waals surface area contributed by atoms with Crippen LogP contribution in [0.25, 0.3) is 6.08 Å². The van der Waals surface area contributed by atoms with Crippen molar-refractivity contribution in [1.82, 2.24) is 10.2 Å². The molecule has 0 spiro atoms. The molecule has 0 aliphatic carbocycles. The van der Waals surface area contributed by atoms with Crippen molar-refractivity contribution in [1.29, 1.82) is 0 Å². The van der Waals surface area contributed by atoms with Crippen LogP contribution >= 0.6 is 0 Å². The zero-order valence-corrected chi connectivity index (χ0v) is 17.9. The van der Waals surface area contributed by atoms with Gasteiger partial charge in [-0.15, -0.1) is 0 Å². The normalized spacial score (nSPS) is 15.0. The third-order valence-electron chi connectivity index (χ3n) is 4.90. The number of barbiturate groups is 1. The van der Waals surface area contributed by atoms with E-state index in [1.165, 1.54) is 12.3 Å². The largest absolute Gasteiger partial charge is 0.490 e. The molecule has 1 aromatic heterocycles. The minimum absolute atomic E-state index is 0.0846. The van der Waals surface area contributed by atoms with Gasteiger partial charge in [0.2, 0.25) is 0 Å². The number of hydrogen-bond donors (Lipinski definition) is 1. The maximum Gasteiger partial charge on any atom is 0.331 e. The third kappa shape index (κ3) is 5.12. The summed E-state index contributed by atoms with van der Waals surface area (Å²) in [6.45, 7) is 2.54. The van der Waals surface area contributed by atoms with Gasteiger partial charge in [0.15, 0.2) is 11.5 Å². The van der Waals surface area contributed by atoms with E-state index in [1.807, 2.05) is 37.3 Å². The SMILES string of the molecule is CCOc1cc(/C=C2\C(=O)NC(=O)N(Cc3ccco3)C2=O)ccc1OCc1ccccc1. The van der Waals surface area contributed by atoms with E-state index >= 15 is 0 Å². The highest BCUT2D eigenvalue weighted by molar-refractivity contribution is 6.30. The Morgan fingerprint density at radius 3 is 2.52 bits per heavy atom. The van der Waals surface area contributed by atoms with Gasteiger partial charge in [-0.05, 0) is 48.4 Å². The second-order valence-corrected chi connectivity index (χ2v) is 7.20. The zero-order valence-electron chi connectivity index (χ0n) is 17.9. The maximum absolute atomic E-state index is 12.9. The van der Waals surface area contributed by atoms with Crippen LogP contribution in [0.2, 0.25) is 0 Å². The number of benzene rings is 2. The number of hydrogen-bond acceptors (Lipinski definition) is 6. The third-order valence-corrected chi connectivity index (χ3v) is 4.90. The molecular formula is C25H22N2O6. The molecule has 33 heavy (non-hydrogen) atoms. The number of carbonyl (C=O) groups is 3. The standard InChI is InChI=1S/C25H22N2O6/c1-2-31-22-14-18(10-11-21(22)33-16-17-7-4-3-5-8-17)13-20-23(28)26-25(30)27(24(20)29)15-19-9-6-12-32-19/h3-14H,2,15-16H2,1H3,(H,26,28,30)/b20-13+. The Bertz CT molecular complexity index is 1180. The highest BCUT2D eigenvalue weighted by atomic mass is 16.5. The quantitative estimate of drug-likeness (QED) is 0.416. The number of furan rings is 1. The Kier molecular flexibility index (Phi) is 6.54. The number of ether oxygens (including phenoxy) is 2. The summed E-state index contributed by atoms with van der Waals surface area (Å²) in [5, 5.41) is 2.19. The first-order valence-corrected chi connectivity index (χ1v) is 10.4. The predicted molar refractivity (Wildman–Crippen MR) is 119 cm³/mol. The molecule has 168 valence electrons. The Labute approximate surface area is 190 Å². The van der Waals surface area contributed by atoms with Crippen molar-refractivity contribution in [2.45, 2.75) is 20.1 Å². The summed E-state index contributed by atoms with van der Waals surface area (Å²) in [6.07, 6.45) is 2.86. The molecule has 0 bridgehead atoms. The van der Waals surface area contributed by atoms with Gasteiger partial charge < -0.3 is 13.9 Å². The van der Waals surface area contributed by atoms with Gasteiger partial charge in [-0.25, -0.2) is 4.79 Å². The number of nitrogens with one attached hydrogen (secondary N) is 1. The second-order valence-electron chi connectivity index (χ2n) is 7.20. The average molecular weight is 446 g/mol. The lowest BCUT2D eigenvalue weighted by molar-refractivity contribution is -0.130. The zero-order chi connectivity index (χ0) is 23.2. The molecule has 1 saturated heterocycles. The van der Waals surface area contributed by atoms with Crippen LogP contribution < -0.4 is 14.8 Å². The van der Waals surface area contributed by atoms with Crippen LogP contribution in [0.3, 0.4) is 0 Å². The molecule has 1 N–H and O–H groups in total. The van der Waals surface area contributed by atoms with Crippen LogP contribution in [0.15, 0.2) is 76.9 Å². The fourth-order valence-electron chi connectivity index (χ4n) is 3.30. The van der Waals surface area contributed by atoms with Crippen LogP contribution in [0.5, 0.6) is 11.5 Å². The van der Waals surface area contributed by atoms with Crippen molar-refractivity contribution in [3.8, 4) is 11.5 Å². The number of carbonyl (C=O) groups excluding carboxylic acids is 3. The molecule has 0 unspecified atom stereocenters. The van der Waals surface area contributed by atoms with Crippen molar-refractivity contribution in [3.05, 3.63) is 89.4 Å². The van der Waals surface area contributed by atoms with E-state index in [2.05, 4.69) is 5.32 Å². The van der Waals surface area contributed by atoms with Gasteiger partial charge in [0.1, 0.15) is 17.9 Å². The molecule has 0 atom stereocenters. The highest BCUT2D eigenvalue weighted by Gasteiger charge is 2.36. The van der Waals surface area contributed by atoms with Crippen molar-refractivity contribution >= 4 is 23.9 Å². The smallest absolute Gasteiger partial charge is 0.331 e. The molecule has 1 aliphatic rings. The Hall–Kier alpha value is -4.33. The van der Waals surface area contributed by atoms with Crippen molar-refractivity contribution in [2.75, 3.05) is 6.61 Å². The number of imide groups is 2. The Morgan fingerprint density at radius 2 is 1.79 bits per heavy atom. The summed E-state index contributed by atoms with van der Waals surface area (Å²) in [5.74, 6) is -0.0248. The predicted octanol–water partition coefficient (Wildman–Crippen LogP) is 3.92. The summed E-state index contributed by atoms with van der Waals surface area (Å²) in [5.41, 5.74) is 1.40. The molecule has 1 fully saturated rings. The topological polar surface area (TPSA) is 98.1 Å². The number of amides is 4. The van der Waals surface area contributed by atoms with E-state index in [0.29, 0.717) is 36.0 Å². The molecule has 4 rings (SSSR count). The van der Waals surface area contributed by atoms with Crippen LogP contribution in [-0.4, -0.2) is 29.4 Å². The van der Waals surface area contributed by atoms with Crippen molar-refractivity contribution in [3.63, 3.8) is 0 Å². The van der Waals surface area contributed by atoms with E-state index in [-0.39, 0.29) is 12.1 Å². The minimum Gasteiger partial charge on any atom is -0.490 e. The maximum atomic E-state index is 12.9. The van der Waals surface area contributed by atoms with Gasteiger partial charge in [-0.3, -0.25) is 19.8 Å².